The van der Waals surface area contributed by atoms with Crippen molar-refractivity contribution in [2.24, 2.45) is 4.99 Å². The summed E-state index contributed by atoms with van der Waals surface area (Å²) in [6.07, 6.45) is 3.24. The summed E-state index contributed by atoms with van der Waals surface area (Å²) >= 11 is 0. The summed E-state index contributed by atoms with van der Waals surface area (Å²) in [4.78, 5) is 4.21. The summed E-state index contributed by atoms with van der Waals surface area (Å²) < 4.78 is 5.53. The van der Waals surface area contributed by atoms with E-state index in [0.29, 0.717) is 6.54 Å². The highest BCUT2D eigenvalue weighted by Gasteiger charge is 2.10. The van der Waals surface area contributed by atoms with E-state index >= 15 is 0 Å². The Balaban J connectivity index is 0.00000529. The number of nitrogens with zero attached hydrogens (tertiary/aromatic N) is 1. The lowest BCUT2D eigenvalue weighted by atomic mass is 10.0. The van der Waals surface area contributed by atoms with Gasteiger partial charge in [-0.1, -0.05) is 43.7 Å². The molecule has 3 N–H and O–H groups in total. The van der Waals surface area contributed by atoms with Gasteiger partial charge in [0, 0.05) is 39.3 Å². The van der Waals surface area contributed by atoms with Crippen LogP contribution in [0.15, 0.2) is 35.3 Å². The van der Waals surface area contributed by atoms with Crippen molar-refractivity contribution < 1.29 is 9.84 Å². The third kappa shape index (κ3) is 10.1. The van der Waals surface area contributed by atoms with Crippen molar-refractivity contribution in [3.8, 4) is 0 Å². The molecule has 1 unspecified atom stereocenters. The minimum Gasteiger partial charge on any atom is -0.396 e. The van der Waals surface area contributed by atoms with Gasteiger partial charge in [-0.3, -0.25) is 4.99 Å². The molecule has 0 radical (unpaired) electrons. The van der Waals surface area contributed by atoms with Crippen molar-refractivity contribution in [2.45, 2.75) is 32.1 Å². The molecule has 0 saturated carbocycles. The van der Waals surface area contributed by atoms with Crippen LogP contribution in [0.1, 0.15) is 37.7 Å². The monoisotopic (exact) mass is 449 g/mol. The summed E-state index contributed by atoms with van der Waals surface area (Å²) in [5, 5.41) is 16.1. The minimum absolute atomic E-state index is 0. The minimum atomic E-state index is 0. The number of hydrogen-bond donors (Lipinski definition) is 3. The van der Waals surface area contributed by atoms with Crippen LogP contribution in [-0.4, -0.2) is 51.0 Å². The summed E-state index contributed by atoms with van der Waals surface area (Å²) in [6.45, 7) is 5.36. The second-order valence-electron chi connectivity index (χ2n) is 5.49. The Kier molecular flexibility index (Phi) is 15.1. The zero-order valence-corrected chi connectivity index (χ0v) is 17.2. The van der Waals surface area contributed by atoms with E-state index in [1.54, 1.807) is 7.05 Å². The van der Waals surface area contributed by atoms with Gasteiger partial charge >= 0.3 is 0 Å². The Morgan fingerprint density at radius 2 is 1.88 bits per heavy atom. The van der Waals surface area contributed by atoms with Gasteiger partial charge in [-0.05, 0) is 18.4 Å². The van der Waals surface area contributed by atoms with Gasteiger partial charge in [0.25, 0.3) is 0 Å². The van der Waals surface area contributed by atoms with E-state index in [1.807, 2.05) is 30.3 Å². The van der Waals surface area contributed by atoms with Crippen LogP contribution in [0.25, 0.3) is 0 Å². The molecule has 1 aromatic carbocycles. The maximum atomic E-state index is 9.57. The summed E-state index contributed by atoms with van der Waals surface area (Å²) in [5.74, 6) is 0.820. The highest BCUT2D eigenvalue weighted by atomic mass is 127. The highest BCUT2D eigenvalue weighted by Crippen LogP contribution is 2.13. The maximum Gasteiger partial charge on any atom is 0.191 e. The molecule has 0 amide bonds. The smallest absolute Gasteiger partial charge is 0.191 e. The number of unbranched alkanes of at least 4 members (excludes halogenated alkanes) is 1. The first-order chi connectivity index (χ1) is 11.3. The number of nitrogens with one attached hydrogen (secondary N) is 2. The number of rotatable bonds is 11. The molecule has 0 aliphatic carbocycles. The van der Waals surface area contributed by atoms with E-state index in [2.05, 4.69) is 22.5 Å². The molecule has 0 aliphatic rings. The molecular weight excluding hydrogens is 417 g/mol. The average molecular weight is 449 g/mol. The molecule has 0 fully saturated rings. The number of aliphatic hydroxyl groups excluding tert-OH is 1. The summed E-state index contributed by atoms with van der Waals surface area (Å²) in [6, 6.07) is 10.0. The standard InChI is InChI=1S/C18H31N3O2.HI/c1-3-4-12-23-13-8-11-20-18(19-2)21-14-17(15-22)16-9-6-5-7-10-16;/h5-7,9-10,17,22H,3-4,8,11-15H2,1-2H3,(H2,19,20,21);1H. The van der Waals surface area contributed by atoms with Crippen LogP contribution in [0, 0.1) is 0 Å². The largest absolute Gasteiger partial charge is 0.396 e. The second kappa shape index (κ2) is 15.7. The SMILES string of the molecule is CCCCOCCCNC(=NC)NCC(CO)c1ccccc1.I. The predicted molar refractivity (Wildman–Crippen MR) is 111 cm³/mol. The van der Waals surface area contributed by atoms with Gasteiger partial charge in [-0.2, -0.15) is 0 Å². The van der Waals surface area contributed by atoms with Gasteiger partial charge in [0.2, 0.25) is 0 Å². The number of ether oxygens (including phenoxy) is 1. The Hall–Kier alpha value is -0.860. The molecule has 0 saturated heterocycles. The van der Waals surface area contributed by atoms with Crippen LogP contribution in [0.2, 0.25) is 0 Å². The first-order valence-electron chi connectivity index (χ1n) is 8.49. The Labute approximate surface area is 163 Å². The van der Waals surface area contributed by atoms with E-state index < -0.39 is 0 Å². The quantitative estimate of drug-likeness (QED) is 0.210. The second-order valence-corrected chi connectivity index (χ2v) is 5.49. The number of hydrogen-bond acceptors (Lipinski definition) is 3. The third-order valence-corrected chi connectivity index (χ3v) is 3.63. The molecule has 0 aromatic heterocycles. The van der Waals surface area contributed by atoms with Crippen LogP contribution in [0.5, 0.6) is 0 Å². The van der Waals surface area contributed by atoms with Crippen molar-refractivity contribution in [3.63, 3.8) is 0 Å². The fourth-order valence-corrected chi connectivity index (χ4v) is 2.18. The van der Waals surface area contributed by atoms with Gasteiger partial charge in [0.15, 0.2) is 5.96 Å². The number of guanidine groups is 1. The lowest BCUT2D eigenvalue weighted by Crippen LogP contribution is -2.40. The molecule has 0 heterocycles. The normalized spacial score (nSPS) is 12.4. The molecular formula is C18H32IN3O2. The number of aliphatic imine (C=N–C) groups is 1. The molecule has 1 aromatic rings. The van der Waals surface area contributed by atoms with Gasteiger partial charge in [0.1, 0.15) is 0 Å². The molecule has 6 heteroatoms. The van der Waals surface area contributed by atoms with Crippen LogP contribution < -0.4 is 10.6 Å². The fourth-order valence-electron chi connectivity index (χ4n) is 2.18. The summed E-state index contributed by atoms with van der Waals surface area (Å²) in [7, 11) is 1.75. The van der Waals surface area contributed by atoms with Crippen molar-refractivity contribution in [1.82, 2.24) is 10.6 Å². The van der Waals surface area contributed by atoms with E-state index in [1.165, 1.54) is 6.42 Å². The van der Waals surface area contributed by atoms with E-state index in [0.717, 1.165) is 44.1 Å². The maximum absolute atomic E-state index is 9.57. The number of halogens is 1. The third-order valence-electron chi connectivity index (χ3n) is 3.63. The van der Waals surface area contributed by atoms with Crippen LogP contribution in [0.3, 0.4) is 0 Å². The molecule has 0 bridgehead atoms. The Morgan fingerprint density at radius 3 is 2.50 bits per heavy atom. The zero-order chi connectivity index (χ0) is 16.8. The van der Waals surface area contributed by atoms with Crippen LogP contribution in [-0.2, 0) is 4.74 Å². The number of benzene rings is 1. The fraction of sp³-hybridized carbons (Fsp3) is 0.611. The average Bonchev–Trinajstić information content (AvgIpc) is 2.60. The van der Waals surface area contributed by atoms with Crippen LogP contribution in [0.4, 0.5) is 0 Å². The zero-order valence-electron chi connectivity index (χ0n) is 14.8. The van der Waals surface area contributed by atoms with Crippen molar-refractivity contribution in [1.29, 1.82) is 0 Å². The molecule has 138 valence electrons. The van der Waals surface area contributed by atoms with Crippen LogP contribution >= 0.6 is 24.0 Å². The first-order valence-corrected chi connectivity index (χ1v) is 8.49. The molecule has 1 atom stereocenters. The molecule has 5 nitrogen and oxygen atoms in total. The van der Waals surface area contributed by atoms with Gasteiger partial charge < -0.3 is 20.5 Å². The number of aliphatic hydroxyl groups is 1. The predicted octanol–water partition coefficient (Wildman–Crippen LogP) is 2.75. The molecule has 24 heavy (non-hydrogen) atoms. The summed E-state index contributed by atoms with van der Waals surface area (Å²) in [5.41, 5.74) is 1.13. The first kappa shape index (κ1) is 23.1. The Bertz CT molecular complexity index is 430. The van der Waals surface area contributed by atoms with E-state index in [4.69, 9.17) is 4.74 Å². The Morgan fingerprint density at radius 1 is 1.17 bits per heavy atom. The topological polar surface area (TPSA) is 65.9 Å². The lowest BCUT2D eigenvalue weighted by Gasteiger charge is -2.18. The van der Waals surface area contributed by atoms with Crippen molar-refractivity contribution in [3.05, 3.63) is 35.9 Å². The van der Waals surface area contributed by atoms with Gasteiger partial charge in [-0.25, -0.2) is 0 Å². The van der Waals surface area contributed by atoms with Crippen molar-refractivity contribution >= 4 is 29.9 Å². The molecule has 0 aliphatic heterocycles. The lowest BCUT2D eigenvalue weighted by molar-refractivity contribution is 0.129. The van der Waals surface area contributed by atoms with Gasteiger partial charge in [-0.15, -0.1) is 24.0 Å². The van der Waals surface area contributed by atoms with Crippen molar-refractivity contribution in [2.75, 3.05) is 40.0 Å². The van der Waals surface area contributed by atoms with E-state index in [-0.39, 0.29) is 36.5 Å². The highest BCUT2D eigenvalue weighted by molar-refractivity contribution is 14.0. The molecule has 1 rings (SSSR count). The van der Waals surface area contributed by atoms with Gasteiger partial charge in [0.05, 0.1) is 6.61 Å². The van der Waals surface area contributed by atoms with E-state index in [9.17, 15) is 5.11 Å². The molecule has 0 spiro atoms.